The summed E-state index contributed by atoms with van der Waals surface area (Å²) in [6.07, 6.45) is 2.35. The molecule has 118 valence electrons. The summed E-state index contributed by atoms with van der Waals surface area (Å²) in [7, 11) is 0. The molecule has 0 N–H and O–H groups in total. The van der Waals surface area contributed by atoms with Gasteiger partial charge in [0.25, 0.3) is 11.5 Å². The molecule has 1 saturated carbocycles. The van der Waals surface area contributed by atoms with Crippen LogP contribution in [-0.4, -0.2) is 33.7 Å². The van der Waals surface area contributed by atoms with Crippen molar-refractivity contribution in [1.82, 2.24) is 14.7 Å². The van der Waals surface area contributed by atoms with Crippen molar-refractivity contribution in [2.75, 3.05) is 13.1 Å². The largest absolute Gasteiger partial charge is 0.338 e. The van der Waals surface area contributed by atoms with Crippen LogP contribution in [0.3, 0.4) is 0 Å². The minimum atomic E-state index is -0.0535. The summed E-state index contributed by atoms with van der Waals surface area (Å²) in [5.41, 5.74) is 1.69. The van der Waals surface area contributed by atoms with Crippen LogP contribution >= 0.6 is 0 Å². The van der Waals surface area contributed by atoms with Gasteiger partial charge in [-0.2, -0.15) is 5.10 Å². The monoisotopic (exact) mass is 309 g/mol. The number of carbonyl (C=O) groups is 1. The summed E-state index contributed by atoms with van der Waals surface area (Å²) in [5.74, 6) is 0.913. The molecule has 1 aromatic carbocycles. The van der Waals surface area contributed by atoms with E-state index in [1.807, 2.05) is 41.3 Å². The molecule has 4 rings (SSSR count). The molecule has 23 heavy (non-hydrogen) atoms. The number of benzene rings is 1. The molecule has 1 aromatic heterocycles. The van der Waals surface area contributed by atoms with Crippen molar-refractivity contribution in [3.8, 4) is 0 Å². The van der Waals surface area contributed by atoms with Crippen molar-refractivity contribution in [1.29, 1.82) is 0 Å². The highest BCUT2D eigenvalue weighted by Crippen LogP contribution is 2.38. The van der Waals surface area contributed by atoms with E-state index in [0.717, 1.165) is 11.3 Å². The average Bonchev–Trinajstić information content (AvgIpc) is 3.37. The fraction of sp³-hybridized carbons (Fsp3) is 0.389. The smallest absolute Gasteiger partial charge is 0.266 e. The summed E-state index contributed by atoms with van der Waals surface area (Å²) in [6, 6.07) is 12.8. The molecule has 0 radical (unpaired) electrons. The number of nitrogens with zero attached hydrogens (tertiary/aromatic N) is 3. The van der Waals surface area contributed by atoms with Crippen LogP contribution in [0, 0.1) is 5.92 Å². The Bertz CT molecular complexity index is 774. The predicted molar refractivity (Wildman–Crippen MR) is 86.3 cm³/mol. The number of hydrogen-bond acceptors (Lipinski definition) is 3. The molecule has 0 spiro atoms. The average molecular weight is 309 g/mol. The zero-order valence-corrected chi connectivity index (χ0v) is 12.9. The Morgan fingerprint density at radius 3 is 2.52 bits per heavy atom. The van der Waals surface area contributed by atoms with E-state index >= 15 is 0 Å². The predicted octanol–water partition coefficient (Wildman–Crippen LogP) is 1.89. The molecular formula is C18H19N3O2. The molecule has 2 aliphatic rings. The van der Waals surface area contributed by atoms with Gasteiger partial charge in [-0.05, 0) is 31.0 Å². The van der Waals surface area contributed by atoms with Crippen molar-refractivity contribution in [2.45, 2.75) is 25.3 Å². The van der Waals surface area contributed by atoms with Gasteiger partial charge < -0.3 is 4.90 Å². The van der Waals surface area contributed by atoms with Crippen LogP contribution in [-0.2, 0) is 6.54 Å². The third-order valence-electron chi connectivity index (χ3n) is 4.58. The van der Waals surface area contributed by atoms with Crippen molar-refractivity contribution < 1.29 is 4.79 Å². The van der Waals surface area contributed by atoms with Crippen LogP contribution in [0.15, 0.2) is 47.3 Å². The van der Waals surface area contributed by atoms with Crippen molar-refractivity contribution >= 4 is 5.91 Å². The standard InChI is InChI=1S/C18H19N3O2/c22-17-9-8-16(14-6-7-14)19-21(17)12-13-10-20(11-13)18(23)15-4-2-1-3-5-15/h1-5,8-9,13-14H,6-7,10-12H2. The molecule has 0 unspecified atom stereocenters. The van der Waals surface area contributed by atoms with E-state index < -0.39 is 0 Å². The summed E-state index contributed by atoms with van der Waals surface area (Å²) in [4.78, 5) is 26.1. The van der Waals surface area contributed by atoms with Gasteiger partial charge in [0.15, 0.2) is 0 Å². The molecule has 1 saturated heterocycles. The van der Waals surface area contributed by atoms with Gasteiger partial charge in [-0.25, -0.2) is 4.68 Å². The van der Waals surface area contributed by atoms with Crippen molar-refractivity contribution in [3.63, 3.8) is 0 Å². The number of carbonyl (C=O) groups excluding carboxylic acids is 1. The normalized spacial score (nSPS) is 17.8. The van der Waals surface area contributed by atoms with Crippen molar-refractivity contribution in [3.05, 3.63) is 64.1 Å². The lowest BCUT2D eigenvalue weighted by Crippen LogP contribution is -2.52. The maximum atomic E-state index is 12.3. The lowest BCUT2D eigenvalue weighted by Gasteiger charge is -2.39. The minimum Gasteiger partial charge on any atom is -0.338 e. The molecule has 2 aromatic rings. The second-order valence-electron chi connectivity index (χ2n) is 6.50. The number of amides is 1. The minimum absolute atomic E-state index is 0.0535. The third kappa shape index (κ3) is 2.91. The first-order valence-electron chi connectivity index (χ1n) is 8.13. The topological polar surface area (TPSA) is 55.2 Å². The Kier molecular flexibility index (Phi) is 3.48. The number of aromatic nitrogens is 2. The van der Waals surface area contributed by atoms with E-state index in [-0.39, 0.29) is 11.5 Å². The molecule has 2 fully saturated rings. The molecule has 5 heteroatoms. The lowest BCUT2D eigenvalue weighted by atomic mass is 9.99. The zero-order valence-electron chi connectivity index (χ0n) is 12.9. The van der Waals surface area contributed by atoms with Crippen LogP contribution in [0.1, 0.15) is 34.8 Å². The van der Waals surface area contributed by atoms with E-state index in [9.17, 15) is 9.59 Å². The van der Waals surface area contributed by atoms with Crippen LogP contribution in [0.4, 0.5) is 0 Å². The van der Waals surface area contributed by atoms with Gasteiger partial charge in [0.2, 0.25) is 0 Å². The van der Waals surface area contributed by atoms with E-state index in [1.165, 1.54) is 12.8 Å². The van der Waals surface area contributed by atoms with Crippen LogP contribution < -0.4 is 5.56 Å². The highest BCUT2D eigenvalue weighted by molar-refractivity contribution is 5.94. The van der Waals surface area contributed by atoms with Gasteiger partial charge in [0.1, 0.15) is 0 Å². The van der Waals surface area contributed by atoms with E-state index in [2.05, 4.69) is 5.10 Å². The fourth-order valence-corrected chi connectivity index (χ4v) is 3.05. The molecule has 0 bridgehead atoms. The second kappa shape index (κ2) is 5.65. The highest BCUT2D eigenvalue weighted by Gasteiger charge is 2.32. The SMILES string of the molecule is O=C(c1ccccc1)N1CC(Cn2nc(C3CC3)ccc2=O)C1. The van der Waals surface area contributed by atoms with Gasteiger partial charge in [-0.1, -0.05) is 18.2 Å². The Balaban J connectivity index is 1.38. The fourth-order valence-electron chi connectivity index (χ4n) is 3.05. The molecule has 5 nitrogen and oxygen atoms in total. The van der Waals surface area contributed by atoms with Crippen molar-refractivity contribution in [2.24, 2.45) is 5.92 Å². The summed E-state index contributed by atoms with van der Waals surface area (Å²) in [5, 5.41) is 4.48. The van der Waals surface area contributed by atoms with E-state index in [0.29, 0.717) is 31.5 Å². The van der Waals surface area contributed by atoms with Gasteiger partial charge >= 0.3 is 0 Å². The van der Waals surface area contributed by atoms with Crippen LogP contribution in [0.2, 0.25) is 0 Å². The number of likely N-dealkylation sites (tertiary alicyclic amines) is 1. The Morgan fingerprint density at radius 1 is 1.09 bits per heavy atom. The quantitative estimate of drug-likeness (QED) is 0.866. The Labute approximate surface area is 134 Å². The molecule has 1 aliphatic carbocycles. The Morgan fingerprint density at radius 2 is 1.83 bits per heavy atom. The van der Waals surface area contributed by atoms with Gasteiger partial charge in [0.05, 0.1) is 12.2 Å². The Hall–Kier alpha value is -2.43. The molecular weight excluding hydrogens is 290 g/mol. The number of hydrogen-bond donors (Lipinski definition) is 0. The van der Waals surface area contributed by atoms with Crippen LogP contribution in [0.25, 0.3) is 0 Å². The van der Waals surface area contributed by atoms with Gasteiger partial charge in [-0.3, -0.25) is 9.59 Å². The first kappa shape index (κ1) is 14.2. The zero-order chi connectivity index (χ0) is 15.8. The van der Waals surface area contributed by atoms with Gasteiger partial charge in [0, 0.05) is 36.6 Å². The van der Waals surface area contributed by atoms with Crippen LogP contribution in [0.5, 0.6) is 0 Å². The third-order valence-corrected chi connectivity index (χ3v) is 4.58. The van der Waals surface area contributed by atoms with E-state index in [4.69, 9.17) is 0 Å². The summed E-state index contributed by atoms with van der Waals surface area (Å²) < 4.78 is 1.57. The highest BCUT2D eigenvalue weighted by atomic mass is 16.2. The molecule has 2 heterocycles. The first-order chi connectivity index (χ1) is 11.2. The maximum absolute atomic E-state index is 12.3. The van der Waals surface area contributed by atoms with Gasteiger partial charge in [-0.15, -0.1) is 0 Å². The molecule has 1 amide bonds. The number of rotatable bonds is 4. The first-order valence-corrected chi connectivity index (χ1v) is 8.13. The summed E-state index contributed by atoms with van der Waals surface area (Å²) in [6.45, 7) is 1.98. The molecule has 0 atom stereocenters. The maximum Gasteiger partial charge on any atom is 0.266 e. The summed E-state index contributed by atoms with van der Waals surface area (Å²) >= 11 is 0. The lowest BCUT2D eigenvalue weighted by molar-refractivity contribution is 0.0458. The van der Waals surface area contributed by atoms with E-state index in [1.54, 1.807) is 10.7 Å². The molecule has 1 aliphatic heterocycles. The second-order valence-corrected chi connectivity index (χ2v) is 6.50.